The number of rotatable bonds is 4. The Hall–Kier alpha value is -2.49. The van der Waals surface area contributed by atoms with Gasteiger partial charge in [0.2, 0.25) is 5.91 Å². The summed E-state index contributed by atoms with van der Waals surface area (Å²) in [4.78, 5) is 12.2. The predicted molar refractivity (Wildman–Crippen MR) is 85.6 cm³/mol. The van der Waals surface area contributed by atoms with Gasteiger partial charge in [-0.25, -0.2) is 0 Å². The summed E-state index contributed by atoms with van der Waals surface area (Å²) in [5.74, 6) is 1.55. The summed E-state index contributed by atoms with van der Waals surface area (Å²) in [5.41, 5.74) is 2.87. The summed E-state index contributed by atoms with van der Waals surface area (Å²) >= 11 is 0. The largest absolute Gasteiger partial charge is 0.497 e. The average molecular weight is 297 g/mol. The Kier molecular flexibility index (Phi) is 4.28. The molecule has 1 aliphatic heterocycles. The number of aryl methyl sites for hydroxylation is 1. The highest BCUT2D eigenvalue weighted by molar-refractivity contribution is 5.94. The quantitative estimate of drug-likeness (QED) is 0.942. The van der Waals surface area contributed by atoms with Crippen molar-refractivity contribution in [2.24, 2.45) is 0 Å². The molecule has 0 fully saturated rings. The van der Waals surface area contributed by atoms with Crippen molar-refractivity contribution in [3.05, 3.63) is 53.6 Å². The van der Waals surface area contributed by atoms with Crippen LogP contribution in [0.5, 0.6) is 11.5 Å². The second kappa shape index (κ2) is 6.52. The van der Waals surface area contributed by atoms with Gasteiger partial charge in [-0.1, -0.05) is 24.3 Å². The van der Waals surface area contributed by atoms with Gasteiger partial charge in [-0.2, -0.15) is 0 Å². The lowest BCUT2D eigenvalue weighted by atomic mass is 10.1. The first-order chi connectivity index (χ1) is 10.8. The molecule has 0 saturated heterocycles. The van der Waals surface area contributed by atoms with E-state index < -0.39 is 0 Å². The van der Waals surface area contributed by atoms with Crippen LogP contribution in [0.4, 0.5) is 5.69 Å². The van der Waals surface area contributed by atoms with Gasteiger partial charge in [0, 0.05) is 0 Å². The number of carbonyl (C=O) groups excluding carboxylic acids is 1. The first-order valence-corrected chi connectivity index (χ1v) is 7.44. The molecule has 0 atom stereocenters. The molecular weight excluding hydrogens is 278 g/mol. The van der Waals surface area contributed by atoms with Crippen molar-refractivity contribution in [2.75, 3.05) is 19.0 Å². The summed E-state index contributed by atoms with van der Waals surface area (Å²) in [6.07, 6.45) is 2.35. The maximum Gasteiger partial charge on any atom is 0.228 e. The van der Waals surface area contributed by atoms with Crippen LogP contribution >= 0.6 is 0 Å². The predicted octanol–water partition coefficient (Wildman–Crippen LogP) is 3.20. The minimum absolute atomic E-state index is 0.0484. The van der Waals surface area contributed by atoms with E-state index >= 15 is 0 Å². The molecule has 0 aromatic heterocycles. The number of methoxy groups -OCH3 is 1. The van der Waals surface area contributed by atoms with Gasteiger partial charge < -0.3 is 14.8 Å². The number of benzene rings is 2. The van der Waals surface area contributed by atoms with Crippen LogP contribution in [0.15, 0.2) is 42.5 Å². The van der Waals surface area contributed by atoms with Crippen LogP contribution in [0.3, 0.4) is 0 Å². The summed E-state index contributed by atoms with van der Waals surface area (Å²) in [5, 5.41) is 2.95. The minimum atomic E-state index is -0.0484. The van der Waals surface area contributed by atoms with E-state index in [4.69, 9.17) is 9.47 Å². The molecule has 1 heterocycles. The Bertz CT molecular complexity index is 665. The van der Waals surface area contributed by atoms with E-state index in [1.807, 2.05) is 42.5 Å². The molecule has 0 saturated carbocycles. The van der Waals surface area contributed by atoms with Crippen molar-refractivity contribution in [3.8, 4) is 11.5 Å². The van der Waals surface area contributed by atoms with Crippen LogP contribution in [0.2, 0.25) is 0 Å². The third kappa shape index (κ3) is 3.22. The van der Waals surface area contributed by atoms with Gasteiger partial charge >= 0.3 is 0 Å². The Balaban J connectivity index is 1.69. The second-order valence-electron chi connectivity index (χ2n) is 5.32. The Morgan fingerprint density at radius 2 is 2.05 bits per heavy atom. The molecule has 0 aliphatic carbocycles. The highest BCUT2D eigenvalue weighted by atomic mass is 16.5. The molecular formula is C18H19NO3. The molecule has 0 spiro atoms. The Labute approximate surface area is 130 Å². The standard InChI is InChI=1S/C18H19NO3/c1-21-15-9-7-13(8-10-15)12-17(20)19-16-6-2-4-14-5-3-11-22-18(14)16/h2,4,6-10H,3,5,11-12H2,1H3,(H,19,20). The number of ether oxygens (including phenoxy) is 2. The normalized spacial score (nSPS) is 13.0. The van der Waals surface area contributed by atoms with Crippen LogP contribution in [-0.4, -0.2) is 19.6 Å². The van der Waals surface area contributed by atoms with Gasteiger partial charge in [-0.15, -0.1) is 0 Å². The highest BCUT2D eigenvalue weighted by Crippen LogP contribution is 2.32. The zero-order valence-electron chi connectivity index (χ0n) is 12.6. The van der Waals surface area contributed by atoms with E-state index in [2.05, 4.69) is 5.32 Å². The molecule has 2 aromatic carbocycles. The molecule has 3 rings (SSSR count). The number of hydrogen-bond acceptors (Lipinski definition) is 3. The fourth-order valence-corrected chi connectivity index (χ4v) is 2.61. The van der Waals surface area contributed by atoms with Crippen molar-refractivity contribution in [3.63, 3.8) is 0 Å². The van der Waals surface area contributed by atoms with Crippen molar-refractivity contribution in [2.45, 2.75) is 19.3 Å². The molecule has 4 heteroatoms. The zero-order chi connectivity index (χ0) is 15.4. The van der Waals surface area contributed by atoms with Gasteiger partial charge in [0.05, 0.1) is 25.8 Å². The third-order valence-electron chi connectivity index (χ3n) is 3.73. The monoisotopic (exact) mass is 297 g/mol. The molecule has 1 amide bonds. The summed E-state index contributed by atoms with van der Waals surface area (Å²) in [7, 11) is 1.63. The van der Waals surface area contributed by atoms with Gasteiger partial charge in [-0.3, -0.25) is 4.79 Å². The lowest BCUT2D eigenvalue weighted by molar-refractivity contribution is -0.115. The van der Waals surface area contributed by atoms with Gasteiger partial charge in [-0.05, 0) is 42.2 Å². The second-order valence-corrected chi connectivity index (χ2v) is 5.32. The fraction of sp³-hybridized carbons (Fsp3) is 0.278. The molecule has 0 unspecified atom stereocenters. The zero-order valence-corrected chi connectivity index (χ0v) is 12.6. The third-order valence-corrected chi connectivity index (χ3v) is 3.73. The van der Waals surface area contributed by atoms with E-state index in [-0.39, 0.29) is 5.91 Å². The lowest BCUT2D eigenvalue weighted by Gasteiger charge is -2.20. The van der Waals surface area contributed by atoms with Crippen LogP contribution < -0.4 is 14.8 Å². The number of amides is 1. The molecule has 114 valence electrons. The molecule has 0 bridgehead atoms. The van der Waals surface area contributed by atoms with Crippen molar-refractivity contribution in [1.82, 2.24) is 0 Å². The number of para-hydroxylation sites is 1. The Morgan fingerprint density at radius 3 is 2.82 bits per heavy atom. The summed E-state index contributed by atoms with van der Waals surface area (Å²) < 4.78 is 10.8. The summed E-state index contributed by atoms with van der Waals surface area (Å²) in [6, 6.07) is 13.4. The number of fused-ring (bicyclic) bond motifs is 1. The number of carbonyl (C=O) groups is 1. The smallest absolute Gasteiger partial charge is 0.228 e. The van der Waals surface area contributed by atoms with E-state index in [9.17, 15) is 4.79 Å². The molecule has 1 aliphatic rings. The first-order valence-electron chi connectivity index (χ1n) is 7.44. The average Bonchev–Trinajstić information content (AvgIpc) is 2.56. The number of hydrogen-bond donors (Lipinski definition) is 1. The van der Waals surface area contributed by atoms with Crippen LogP contribution in [-0.2, 0) is 17.6 Å². The molecule has 2 aromatic rings. The first kappa shape index (κ1) is 14.4. The van der Waals surface area contributed by atoms with Crippen LogP contribution in [0.1, 0.15) is 17.5 Å². The maximum atomic E-state index is 12.2. The fourth-order valence-electron chi connectivity index (χ4n) is 2.61. The lowest BCUT2D eigenvalue weighted by Crippen LogP contribution is -2.17. The molecule has 0 radical (unpaired) electrons. The number of anilines is 1. The van der Waals surface area contributed by atoms with Crippen LogP contribution in [0, 0.1) is 0 Å². The maximum absolute atomic E-state index is 12.2. The van der Waals surface area contributed by atoms with E-state index in [1.165, 1.54) is 0 Å². The van der Waals surface area contributed by atoms with Crippen molar-refractivity contribution in [1.29, 1.82) is 0 Å². The molecule has 1 N–H and O–H groups in total. The van der Waals surface area contributed by atoms with Crippen molar-refractivity contribution >= 4 is 11.6 Å². The molecule has 22 heavy (non-hydrogen) atoms. The number of nitrogens with one attached hydrogen (secondary N) is 1. The van der Waals surface area contributed by atoms with Gasteiger partial charge in [0.1, 0.15) is 11.5 Å². The topological polar surface area (TPSA) is 47.6 Å². The SMILES string of the molecule is COc1ccc(CC(=O)Nc2cccc3c2OCCC3)cc1. The highest BCUT2D eigenvalue weighted by Gasteiger charge is 2.15. The van der Waals surface area contributed by atoms with E-state index in [0.29, 0.717) is 13.0 Å². The van der Waals surface area contributed by atoms with Crippen LogP contribution in [0.25, 0.3) is 0 Å². The summed E-state index contributed by atoms with van der Waals surface area (Å²) in [6.45, 7) is 0.707. The van der Waals surface area contributed by atoms with Gasteiger partial charge in [0.25, 0.3) is 0 Å². The van der Waals surface area contributed by atoms with E-state index in [1.54, 1.807) is 7.11 Å². The molecule has 4 nitrogen and oxygen atoms in total. The van der Waals surface area contributed by atoms with E-state index in [0.717, 1.165) is 41.2 Å². The van der Waals surface area contributed by atoms with Crippen molar-refractivity contribution < 1.29 is 14.3 Å². The van der Waals surface area contributed by atoms with Gasteiger partial charge in [0.15, 0.2) is 0 Å². The Morgan fingerprint density at radius 1 is 1.23 bits per heavy atom. The minimum Gasteiger partial charge on any atom is -0.497 e.